The lowest BCUT2D eigenvalue weighted by Gasteiger charge is -2.21. The maximum Gasteiger partial charge on any atom is 0.239 e. The lowest BCUT2D eigenvalue weighted by Crippen LogP contribution is -2.20. The van der Waals surface area contributed by atoms with E-state index in [0.717, 1.165) is 53.8 Å². The summed E-state index contributed by atoms with van der Waals surface area (Å²) in [5.74, 6) is 3.53. The quantitative estimate of drug-likeness (QED) is 0.205. The Hall–Kier alpha value is -2.94. The van der Waals surface area contributed by atoms with E-state index >= 15 is 0 Å². The van der Waals surface area contributed by atoms with Crippen molar-refractivity contribution in [3.05, 3.63) is 77.0 Å². The Morgan fingerprint density at radius 3 is 2.63 bits per heavy atom. The van der Waals surface area contributed by atoms with Crippen LogP contribution in [-0.2, 0) is 13.0 Å². The lowest BCUT2D eigenvalue weighted by molar-refractivity contribution is 0.330. The second kappa shape index (κ2) is 11.2. The standard InChI is InChI=1S/C26H28ClN5O2S/c1-33-22-7-4-6-20(18-31-14-2-3-15-31)24(22)32-25(23-8-5-16-34-23)28-29-26(32)30-35-17-13-19-9-11-21(27)12-10-19/h4-12,16H,2-3,13-15,17-18H2,1H3,(H,29,30). The number of hydrogen-bond acceptors (Lipinski definition) is 7. The number of hydrogen-bond donors (Lipinski definition) is 1. The summed E-state index contributed by atoms with van der Waals surface area (Å²) < 4.78 is 17.0. The van der Waals surface area contributed by atoms with Gasteiger partial charge < -0.3 is 9.15 Å². The van der Waals surface area contributed by atoms with Crippen LogP contribution in [0.1, 0.15) is 24.0 Å². The second-order valence-electron chi connectivity index (χ2n) is 8.44. The predicted octanol–water partition coefficient (Wildman–Crippen LogP) is 6.09. The van der Waals surface area contributed by atoms with Gasteiger partial charge in [-0.05, 0) is 85.8 Å². The van der Waals surface area contributed by atoms with Gasteiger partial charge in [-0.25, -0.2) is 0 Å². The van der Waals surface area contributed by atoms with E-state index in [0.29, 0.717) is 17.5 Å². The van der Waals surface area contributed by atoms with Crippen LogP contribution in [0.3, 0.4) is 0 Å². The minimum absolute atomic E-state index is 0.628. The molecule has 1 aliphatic rings. The number of furan rings is 1. The van der Waals surface area contributed by atoms with E-state index < -0.39 is 0 Å². The second-order valence-corrected chi connectivity index (χ2v) is 9.78. The SMILES string of the molecule is COc1cccc(CN2CCCC2)c1-n1c(NSCCc2ccc(Cl)cc2)nnc1-c1ccco1. The van der Waals surface area contributed by atoms with Gasteiger partial charge in [-0.15, -0.1) is 10.2 Å². The highest BCUT2D eigenvalue weighted by Gasteiger charge is 2.24. The first-order valence-corrected chi connectivity index (χ1v) is 13.1. The average Bonchev–Trinajstić information content (AvgIpc) is 3.65. The fourth-order valence-electron chi connectivity index (χ4n) is 4.36. The molecule has 1 aliphatic heterocycles. The van der Waals surface area contributed by atoms with Gasteiger partial charge >= 0.3 is 0 Å². The zero-order valence-electron chi connectivity index (χ0n) is 19.6. The molecule has 4 aromatic rings. The molecule has 1 saturated heterocycles. The molecule has 1 fully saturated rings. The number of nitrogens with zero attached hydrogens (tertiary/aromatic N) is 4. The van der Waals surface area contributed by atoms with Gasteiger partial charge in [0.25, 0.3) is 0 Å². The average molecular weight is 510 g/mol. The van der Waals surface area contributed by atoms with Crippen LogP contribution in [0.2, 0.25) is 5.02 Å². The Kier molecular flexibility index (Phi) is 7.61. The van der Waals surface area contributed by atoms with Crippen LogP contribution in [0.25, 0.3) is 17.3 Å². The van der Waals surface area contributed by atoms with Gasteiger partial charge in [0.15, 0.2) is 5.76 Å². The first-order chi connectivity index (χ1) is 17.2. The molecule has 1 N–H and O–H groups in total. The van der Waals surface area contributed by atoms with Crippen LogP contribution in [0.4, 0.5) is 5.95 Å². The molecule has 0 spiro atoms. The third-order valence-electron chi connectivity index (χ3n) is 6.09. The van der Waals surface area contributed by atoms with Crippen molar-refractivity contribution in [2.24, 2.45) is 0 Å². The Bertz CT molecular complexity index is 1240. The van der Waals surface area contributed by atoms with Gasteiger partial charge in [-0.2, -0.15) is 0 Å². The third kappa shape index (κ3) is 5.50. The number of ether oxygens (including phenoxy) is 1. The fourth-order valence-corrected chi connectivity index (χ4v) is 5.19. The van der Waals surface area contributed by atoms with Crippen LogP contribution in [0, 0.1) is 0 Å². The Morgan fingerprint density at radius 2 is 1.89 bits per heavy atom. The molecule has 0 amide bonds. The van der Waals surface area contributed by atoms with E-state index in [1.54, 1.807) is 25.3 Å². The molecule has 7 nitrogen and oxygen atoms in total. The lowest BCUT2D eigenvalue weighted by atomic mass is 10.1. The molecule has 3 heterocycles. The maximum absolute atomic E-state index is 6.01. The number of anilines is 1. The smallest absolute Gasteiger partial charge is 0.239 e. The zero-order chi connectivity index (χ0) is 24.0. The first kappa shape index (κ1) is 23.8. The van der Waals surface area contributed by atoms with Crippen molar-refractivity contribution in [3.63, 3.8) is 0 Å². The molecule has 2 aromatic carbocycles. The topological polar surface area (TPSA) is 68.3 Å². The van der Waals surface area contributed by atoms with Crippen LogP contribution in [-0.4, -0.2) is 45.6 Å². The number of para-hydroxylation sites is 1. The highest BCUT2D eigenvalue weighted by molar-refractivity contribution is 8.00. The first-order valence-electron chi connectivity index (χ1n) is 11.7. The van der Waals surface area contributed by atoms with Crippen molar-refractivity contribution < 1.29 is 9.15 Å². The predicted molar refractivity (Wildman–Crippen MR) is 141 cm³/mol. The van der Waals surface area contributed by atoms with Gasteiger partial charge in [0.1, 0.15) is 5.75 Å². The van der Waals surface area contributed by atoms with Crippen molar-refractivity contribution in [3.8, 4) is 23.0 Å². The van der Waals surface area contributed by atoms with Crippen LogP contribution in [0.5, 0.6) is 5.75 Å². The molecule has 0 radical (unpaired) electrons. The number of nitrogens with one attached hydrogen (secondary N) is 1. The van der Waals surface area contributed by atoms with Gasteiger partial charge in [-0.3, -0.25) is 14.2 Å². The minimum atomic E-state index is 0.628. The largest absolute Gasteiger partial charge is 0.495 e. The molecule has 0 bridgehead atoms. The van der Waals surface area contributed by atoms with E-state index in [-0.39, 0.29) is 0 Å². The number of methoxy groups -OCH3 is 1. The van der Waals surface area contributed by atoms with Crippen LogP contribution in [0.15, 0.2) is 65.3 Å². The summed E-state index contributed by atoms with van der Waals surface area (Å²) in [7, 11) is 1.70. The molecular weight excluding hydrogens is 482 g/mol. The van der Waals surface area contributed by atoms with E-state index in [1.165, 1.54) is 18.4 Å². The summed E-state index contributed by atoms with van der Waals surface area (Å²) in [6, 6.07) is 17.9. The number of halogens is 1. The summed E-state index contributed by atoms with van der Waals surface area (Å²) in [5.41, 5.74) is 3.33. The number of rotatable bonds is 10. The van der Waals surface area contributed by atoms with Crippen molar-refractivity contribution in [1.29, 1.82) is 0 Å². The Labute approximate surface area is 214 Å². The van der Waals surface area contributed by atoms with Crippen molar-refractivity contribution in [2.45, 2.75) is 25.8 Å². The molecular formula is C26H28ClN5O2S. The summed E-state index contributed by atoms with van der Waals surface area (Å²) in [5, 5.41) is 9.73. The van der Waals surface area contributed by atoms with Crippen molar-refractivity contribution in [1.82, 2.24) is 19.7 Å². The summed E-state index contributed by atoms with van der Waals surface area (Å²) in [6.45, 7) is 3.05. The maximum atomic E-state index is 6.01. The normalized spacial score (nSPS) is 13.9. The van der Waals surface area contributed by atoms with E-state index in [1.807, 2.05) is 41.0 Å². The molecule has 0 aliphatic carbocycles. The van der Waals surface area contributed by atoms with Crippen molar-refractivity contribution in [2.75, 3.05) is 30.7 Å². The van der Waals surface area contributed by atoms with E-state index in [9.17, 15) is 0 Å². The molecule has 0 unspecified atom stereocenters. The highest BCUT2D eigenvalue weighted by atomic mass is 35.5. The molecule has 2 aromatic heterocycles. The molecule has 182 valence electrons. The number of aromatic nitrogens is 3. The summed E-state index contributed by atoms with van der Waals surface area (Å²) in [4.78, 5) is 2.48. The summed E-state index contributed by atoms with van der Waals surface area (Å²) >= 11 is 7.60. The monoisotopic (exact) mass is 509 g/mol. The molecule has 9 heteroatoms. The minimum Gasteiger partial charge on any atom is -0.495 e. The Balaban J connectivity index is 1.45. The summed E-state index contributed by atoms with van der Waals surface area (Å²) in [6.07, 6.45) is 5.03. The molecule has 0 atom stereocenters. The molecule has 35 heavy (non-hydrogen) atoms. The van der Waals surface area contributed by atoms with Gasteiger partial charge in [-0.1, -0.05) is 35.9 Å². The van der Waals surface area contributed by atoms with Crippen LogP contribution < -0.4 is 9.46 Å². The van der Waals surface area contributed by atoms with Gasteiger partial charge in [0.2, 0.25) is 11.8 Å². The Morgan fingerprint density at radius 1 is 1.06 bits per heavy atom. The van der Waals surface area contributed by atoms with E-state index in [4.69, 9.17) is 20.8 Å². The van der Waals surface area contributed by atoms with E-state index in [2.05, 4.69) is 38.0 Å². The highest BCUT2D eigenvalue weighted by Crippen LogP contribution is 2.35. The number of benzene rings is 2. The van der Waals surface area contributed by atoms with Crippen molar-refractivity contribution >= 4 is 29.5 Å². The van der Waals surface area contributed by atoms with Gasteiger partial charge in [0.05, 0.1) is 19.1 Å². The fraction of sp³-hybridized carbons (Fsp3) is 0.308. The number of aryl methyl sites for hydroxylation is 1. The molecule has 5 rings (SSSR count). The van der Waals surface area contributed by atoms with Gasteiger partial charge in [0, 0.05) is 17.3 Å². The number of likely N-dealkylation sites (tertiary alicyclic amines) is 1. The third-order valence-corrected chi connectivity index (χ3v) is 7.08. The van der Waals surface area contributed by atoms with Crippen LogP contribution >= 0.6 is 23.5 Å². The molecule has 0 saturated carbocycles. The zero-order valence-corrected chi connectivity index (χ0v) is 21.2.